The average molecular weight is 306 g/mol. The van der Waals surface area contributed by atoms with Crippen LogP contribution in [0.5, 0.6) is 0 Å². The van der Waals surface area contributed by atoms with Crippen LogP contribution in [0.3, 0.4) is 0 Å². The Balaban J connectivity index is 3.66. The number of carbonyl (C=O) groups excluding carboxylic acids is 2. The number of thioether (sulfide) groups is 1. The molecule has 0 spiro atoms. The molecule has 0 aliphatic carbocycles. The first-order valence-electron chi connectivity index (χ1n) is 6.92. The maximum atomic E-state index is 11.6. The molecule has 0 amide bonds. The minimum Gasteiger partial charge on any atom is -0.460 e. The number of quaternary nitrogens is 2. The third-order valence-electron chi connectivity index (χ3n) is 2.58. The maximum absolute atomic E-state index is 11.6. The summed E-state index contributed by atoms with van der Waals surface area (Å²) in [6.07, 6.45) is 0.457. The predicted octanol–water partition coefficient (Wildman–Crippen LogP) is 0.982. The zero-order valence-corrected chi connectivity index (χ0v) is 14.6. The van der Waals surface area contributed by atoms with Gasteiger partial charge in [0.1, 0.15) is 13.2 Å². The predicted molar refractivity (Wildman–Crippen MR) is 83.5 cm³/mol. The van der Waals surface area contributed by atoms with E-state index in [-0.39, 0.29) is 23.9 Å². The smallest absolute Gasteiger partial charge is 0.306 e. The molecule has 0 radical (unpaired) electrons. The summed E-state index contributed by atoms with van der Waals surface area (Å²) in [7, 11) is 12.4. The van der Waals surface area contributed by atoms with Crippen molar-refractivity contribution in [1.82, 2.24) is 0 Å². The summed E-state index contributed by atoms with van der Waals surface area (Å²) < 4.78 is 6.71. The van der Waals surface area contributed by atoms with Crippen molar-refractivity contribution in [1.29, 1.82) is 0 Å². The summed E-state index contributed by atoms with van der Waals surface area (Å²) in [5.41, 5.74) is 0. The largest absolute Gasteiger partial charge is 0.460 e. The minimum atomic E-state index is -0.279. The fraction of sp³-hybridized carbons (Fsp3) is 0.857. The molecular formula is C14H30N2O3S+2. The van der Waals surface area contributed by atoms with E-state index in [1.165, 1.54) is 11.8 Å². The zero-order valence-electron chi connectivity index (χ0n) is 13.8. The van der Waals surface area contributed by atoms with Crippen molar-refractivity contribution in [2.75, 3.05) is 67.7 Å². The highest BCUT2D eigenvalue weighted by molar-refractivity contribution is 8.13. The fourth-order valence-electron chi connectivity index (χ4n) is 1.22. The van der Waals surface area contributed by atoms with Gasteiger partial charge < -0.3 is 13.7 Å². The van der Waals surface area contributed by atoms with Gasteiger partial charge in [-0.15, -0.1) is 0 Å². The van der Waals surface area contributed by atoms with E-state index in [4.69, 9.17) is 4.74 Å². The molecule has 6 heteroatoms. The Morgan fingerprint density at radius 3 is 1.95 bits per heavy atom. The number of esters is 1. The van der Waals surface area contributed by atoms with E-state index in [0.29, 0.717) is 6.61 Å². The second-order valence-corrected chi connectivity index (χ2v) is 8.12. The van der Waals surface area contributed by atoms with Crippen LogP contribution in [-0.4, -0.2) is 87.8 Å². The second kappa shape index (κ2) is 8.64. The van der Waals surface area contributed by atoms with E-state index in [9.17, 15) is 9.59 Å². The number of carbonyl (C=O) groups is 2. The third kappa shape index (κ3) is 13.8. The van der Waals surface area contributed by atoms with Crippen molar-refractivity contribution < 1.29 is 23.3 Å². The molecule has 118 valence electrons. The van der Waals surface area contributed by atoms with Crippen LogP contribution in [0.2, 0.25) is 0 Å². The number of ether oxygens (including phenoxy) is 1. The van der Waals surface area contributed by atoms with Crippen molar-refractivity contribution in [3.8, 4) is 0 Å². The van der Waals surface area contributed by atoms with E-state index in [1.54, 1.807) is 0 Å². The first-order valence-corrected chi connectivity index (χ1v) is 7.90. The summed E-state index contributed by atoms with van der Waals surface area (Å²) in [6.45, 7) is 2.12. The highest BCUT2D eigenvalue weighted by atomic mass is 32.2. The molecule has 0 aromatic heterocycles. The Morgan fingerprint density at radius 1 is 0.900 bits per heavy atom. The first-order chi connectivity index (χ1) is 8.99. The standard InChI is InChI=1S/C14H30N2O3S/c1-15(2,3)9-11-19-13(17)7-8-14(18)20-12-10-16(4,5)6/h7-12H2,1-6H3/q+2. The van der Waals surface area contributed by atoms with Crippen molar-refractivity contribution in [3.63, 3.8) is 0 Å². The Kier molecular flexibility index (Phi) is 8.39. The Bertz CT molecular complexity index is 287. The lowest BCUT2D eigenvalue weighted by molar-refractivity contribution is -0.870. The maximum Gasteiger partial charge on any atom is 0.306 e. The van der Waals surface area contributed by atoms with Gasteiger partial charge in [0.05, 0.1) is 61.0 Å². The fourth-order valence-corrected chi connectivity index (χ4v) is 2.33. The lowest BCUT2D eigenvalue weighted by Crippen LogP contribution is -2.38. The quantitative estimate of drug-likeness (QED) is 0.470. The number of likely N-dealkylation sites (N-methyl/N-ethyl adjacent to an activating group) is 1. The molecule has 0 aliphatic rings. The summed E-state index contributed by atoms with van der Waals surface area (Å²) in [4.78, 5) is 23.1. The van der Waals surface area contributed by atoms with Gasteiger partial charge in [-0.3, -0.25) is 9.59 Å². The molecule has 0 N–H and O–H groups in total. The lowest BCUT2D eigenvalue weighted by atomic mass is 10.3. The van der Waals surface area contributed by atoms with Crippen LogP contribution in [-0.2, 0) is 14.3 Å². The van der Waals surface area contributed by atoms with E-state index in [2.05, 4.69) is 21.1 Å². The number of nitrogens with zero attached hydrogens (tertiary/aromatic N) is 2. The summed E-state index contributed by atoms with van der Waals surface area (Å²) in [6, 6.07) is 0. The molecule has 5 nitrogen and oxygen atoms in total. The van der Waals surface area contributed by atoms with E-state index in [1.807, 2.05) is 21.1 Å². The van der Waals surface area contributed by atoms with Crippen LogP contribution in [0.15, 0.2) is 0 Å². The summed E-state index contributed by atoms with van der Waals surface area (Å²) >= 11 is 1.31. The number of rotatable bonds is 9. The molecule has 0 heterocycles. The number of hydrogen-bond donors (Lipinski definition) is 0. The second-order valence-electron chi connectivity index (χ2n) is 6.97. The summed E-state index contributed by atoms with van der Waals surface area (Å²) in [5.74, 6) is 0.512. The van der Waals surface area contributed by atoms with E-state index in [0.717, 1.165) is 27.8 Å². The lowest BCUT2D eigenvalue weighted by Gasteiger charge is -2.23. The monoisotopic (exact) mass is 306 g/mol. The van der Waals surface area contributed by atoms with Crippen LogP contribution in [0.25, 0.3) is 0 Å². The van der Waals surface area contributed by atoms with Crippen molar-refractivity contribution in [2.24, 2.45) is 0 Å². The van der Waals surface area contributed by atoms with Crippen LogP contribution in [0.4, 0.5) is 0 Å². The molecule has 0 bridgehead atoms. The SMILES string of the molecule is C[N+](C)(C)CCOC(=O)CCC(=O)SCC[N+](C)(C)C. The van der Waals surface area contributed by atoms with E-state index < -0.39 is 0 Å². The van der Waals surface area contributed by atoms with E-state index >= 15 is 0 Å². The Hall–Kier alpha value is -0.590. The average Bonchev–Trinajstić information content (AvgIpc) is 2.22. The van der Waals surface area contributed by atoms with Crippen molar-refractivity contribution >= 4 is 22.8 Å². The molecule has 0 aromatic rings. The molecule has 0 rings (SSSR count). The van der Waals surface area contributed by atoms with Gasteiger partial charge in [-0.05, 0) is 0 Å². The molecule has 20 heavy (non-hydrogen) atoms. The minimum absolute atomic E-state index is 0.0713. The van der Waals surface area contributed by atoms with Gasteiger partial charge in [0, 0.05) is 6.42 Å². The summed E-state index contributed by atoms with van der Waals surface area (Å²) in [5, 5.41) is 0.0713. The van der Waals surface area contributed by atoms with Crippen LogP contribution in [0.1, 0.15) is 12.8 Å². The first kappa shape index (κ1) is 19.4. The molecule has 0 saturated carbocycles. The highest BCUT2D eigenvalue weighted by Gasteiger charge is 2.13. The molecule has 0 aliphatic heterocycles. The van der Waals surface area contributed by atoms with Crippen LogP contribution < -0.4 is 0 Å². The van der Waals surface area contributed by atoms with Gasteiger partial charge in [-0.25, -0.2) is 0 Å². The third-order valence-corrected chi connectivity index (χ3v) is 3.50. The van der Waals surface area contributed by atoms with Gasteiger partial charge in [0.2, 0.25) is 0 Å². The zero-order chi connectivity index (χ0) is 15.8. The van der Waals surface area contributed by atoms with Gasteiger partial charge in [0.15, 0.2) is 5.12 Å². The molecule has 0 fully saturated rings. The van der Waals surface area contributed by atoms with Crippen molar-refractivity contribution in [2.45, 2.75) is 12.8 Å². The van der Waals surface area contributed by atoms with Gasteiger partial charge in [0.25, 0.3) is 0 Å². The topological polar surface area (TPSA) is 43.4 Å². The molecule has 0 unspecified atom stereocenters. The Labute approximate surface area is 127 Å². The highest BCUT2D eigenvalue weighted by Crippen LogP contribution is 2.09. The van der Waals surface area contributed by atoms with Gasteiger partial charge in [-0.2, -0.15) is 0 Å². The molecule has 0 atom stereocenters. The van der Waals surface area contributed by atoms with Gasteiger partial charge in [-0.1, -0.05) is 11.8 Å². The Morgan fingerprint density at radius 2 is 1.45 bits per heavy atom. The molecular weight excluding hydrogens is 276 g/mol. The van der Waals surface area contributed by atoms with Crippen LogP contribution in [0, 0.1) is 0 Å². The van der Waals surface area contributed by atoms with Crippen molar-refractivity contribution in [3.05, 3.63) is 0 Å². The normalized spacial score (nSPS) is 12.3. The molecule has 0 saturated heterocycles. The van der Waals surface area contributed by atoms with Crippen LogP contribution >= 0.6 is 11.8 Å². The van der Waals surface area contributed by atoms with Gasteiger partial charge >= 0.3 is 5.97 Å². The molecule has 0 aromatic carbocycles. The number of hydrogen-bond acceptors (Lipinski definition) is 4.